The van der Waals surface area contributed by atoms with Gasteiger partial charge in [-0.05, 0) is 75.3 Å². The maximum Gasteiger partial charge on any atom is 0.331 e. The van der Waals surface area contributed by atoms with Gasteiger partial charge < -0.3 is 15.1 Å². The second kappa shape index (κ2) is 10.2. The van der Waals surface area contributed by atoms with Crippen molar-refractivity contribution in [3.05, 3.63) is 73.7 Å². The zero-order valence-electron chi connectivity index (χ0n) is 23.0. The van der Waals surface area contributed by atoms with Crippen molar-refractivity contribution in [3.63, 3.8) is 0 Å². The minimum atomic E-state index is -0.744. The predicted octanol–water partition coefficient (Wildman–Crippen LogP) is 3.82. The van der Waals surface area contributed by atoms with E-state index in [9.17, 15) is 24.4 Å². The van der Waals surface area contributed by atoms with Crippen molar-refractivity contribution in [1.82, 2.24) is 18.9 Å². The van der Waals surface area contributed by atoms with Gasteiger partial charge in [-0.3, -0.25) is 18.7 Å². The summed E-state index contributed by atoms with van der Waals surface area (Å²) in [6, 6.07) is 8.52. The minimum absolute atomic E-state index is 0.129. The van der Waals surface area contributed by atoms with Gasteiger partial charge in [0.1, 0.15) is 5.82 Å². The SMILES string of the molecule is CC(C)n1c(=O)n(CC2CC2)c(=O)c2cc(NC(=O)N3CCCC(N4Cc5cc(C#N)ccc5C4=O)C3)c(F)cc21. The summed E-state index contributed by atoms with van der Waals surface area (Å²) in [5, 5.41) is 12.0. The average Bonchev–Trinajstić information content (AvgIpc) is 3.72. The van der Waals surface area contributed by atoms with Crippen LogP contribution in [-0.4, -0.2) is 50.0 Å². The van der Waals surface area contributed by atoms with Crippen LogP contribution < -0.4 is 16.6 Å². The van der Waals surface area contributed by atoms with Crippen molar-refractivity contribution in [2.24, 2.45) is 5.92 Å². The maximum absolute atomic E-state index is 15.3. The molecule has 3 aliphatic rings. The number of likely N-dealkylation sites (tertiary alicyclic amines) is 1. The molecule has 10 nitrogen and oxygen atoms in total. The normalized spacial score (nSPS) is 18.6. The van der Waals surface area contributed by atoms with E-state index in [0.29, 0.717) is 43.6 Å². The summed E-state index contributed by atoms with van der Waals surface area (Å²) >= 11 is 0. The fourth-order valence-electron chi connectivity index (χ4n) is 6.01. The highest BCUT2D eigenvalue weighted by molar-refractivity contribution is 5.99. The third-order valence-corrected chi connectivity index (χ3v) is 8.34. The third-order valence-electron chi connectivity index (χ3n) is 8.34. The van der Waals surface area contributed by atoms with Crippen LogP contribution in [0.25, 0.3) is 10.9 Å². The van der Waals surface area contributed by atoms with Gasteiger partial charge in [-0.2, -0.15) is 5.26 Å². The van der Waals surface area contributed by atoms with E-state index in [4.69, 9.17) is 0 Å². The summed E-state index contributed by atoms with van der Waals surface area (Å²) in [5.74, 6) is -0.587. The van der Waals surface area contributed by atoms with Gasteiger partial charge >= 0.3 is 11.7 Å². The molecule has 0 bridgehead atoms. The van der Waals surface area contributed by atoms with Crippen LogP contribution in [0.15, 0.2) is 39.9 Å². The lowest BCUT2D eigenvalue weighted by Crippen LogP contribution is -2.51. The molecule has 2 aliphatic heterocycles. The van der Waals surface area contributed by atoms with Gasteiger partial charge in [0, 0.05) is 43.9 Å². The number of urea groups is 1. The van der Waals surface area contributed by atoms with Crippen LogP contribution in [-0.2, 0) is 13.1 Å². The van der Waals surface area contributed by atoms with Crippen LogP contribution in [0.4, 0.5) is 14.9 Å². The second-order valence-corrected chi connectivity index (χ2v) is 11.5. The molecule has 3 heterocycles. The van der Waals surface area contributed by atoms with E-state index >= 15 is 4.39 Å². The van der Waals surface area contributed by atoms with Crippen LogP contribution in [0.3, 0.4) is 0 Å². The van der Waals surface area contributed by atoms with E-state index in [0.717, 1.165) is 24.5 Å². The molecule has 1 saturated carbocycles. The van der Waals surface area contributed by atoms with E-state index in [-0.39, 0.29) is 47.0 Å². The van der Waals surface area contributed by atoms with Gasteiger partial charge in [-0.1, -0.05) is 0 Å². The lowest BCUT2D eigenvalue weighted by Gasteiger charge is -2.37. The highest BCUT2D eigenvalue weighted by Gasteiger charge is 2.36. The number of amides is 3. The molecule has 1 saturated heterocycles. The third kappa shape index (κ3) is 4.77. The van der Waals surface area contributed by atoms with Crippen LogP contribution >= 0.6 is 0 Å². The Morgan fingerprint density at radius 2 is 1.93 bits per heavy atom. The van der Waals surface area contributed by atoms with Gasteiger partial charge in [-0.25, -0.2) is 14.0 Å². The minimum Gasteiger partial charge on any atom is -0.330 e. The number of carbonyl (C=O) groups is 2. The molecule has 6 rings (SSSR count). The van der Waals surface area contributed by atoms with Gasteiger partial charge in [0.05, 0.1) is 34.3 Å². The Morgan fingerprint density at radius 3 is 2.63 bits per heavy atom. The van der Waals surface area contributed by atoms with E-state index < -0.39 is 23.1 Å². The summed E-state index contributed by atoms with van der Waals surface area (Å²) in [6.07, 6.45) is 3.30. The molecule has 1 atom stereocenters. The molecule has 1 N–H and O–H groups in total. The molecule has 3 aromatic rings. The van der Waals surface area contributed by atoms with Gasteiger partial charge in [0.25, 0.3) is 11.5 Å². The standard InChI is InChI=1S/C30H31FN6O4/c1-17(2)37-26-12-24(31)25(11-23(26)28(39)36(30(37)41)14-18-5-6-18)33-29(40)34-9-3-4-21(16-34)35-15-20-10-19(13-32)7-8-22(20)27(35)38/h7-8,10-12,17-18,21H,3-6,9,14-16H2,1-2H3,(H,33,40). The first kappa shape index (κ1) is 26.7. The first-order valence-electron chi connectivity index (χ1n) is 14.0. The van der Waals surface area contributed by atoms with Crippen LogP contribution in [0.2, 0.25) is 0 Å². The van der Waals surface area contributed by atoms with Gasteiger partial charge in [-0.15, -0.1) is 0 Å². The van der Waals surface area contributed by atoms with E-state index in [1.54, 1.807) is 41.8 Å². The number of halogens is 1. The number of rotatable bonds is 5. The second-order valence-electron chi connectivity index (χ2n) is 11.5. The van der Waals surface area contributed by atoms with Gasteiger partial charge in [0.15, 0.2) is 0 Å². The highest BCUT2D eigenvalue weighted by Crippen LogP contribution is 2.31. The van der Waals surface area contributed by atoms with Gasteiger partial charge in [0.2, 0.25) is 0 Å². The molecule has 3 amide bonds. The Kier molecular flexibility index (Phi) is 6.64. The maximum atomic E-state index is 15.3. The Morgan fingerprint density at radius 1 is 1.15 bits per heavy atom. The van der Waals surface area contributed by atoms with Crippen molar-refractivity contribution in [2.45, 2.75) is 64.7 Å². The summed E-state index contributed by atoms with van der Waals surface area (Å²) < 4.78 is 18.0. The molecule has 1 aromatic heterocycles. The van der Waals surface area contributed by atoms with Crippen LogP contribution in [0, 0.1) is 23.1 Å². The summed E-state index contributed by atoms with van der Waals surface area (Å²) in [5.41, 5.74) is 0.961. The first-order chi connectivity index (χ1) is 19.7. The molecule has 11 heteroatoms. The molecule has 0 radical (unpaired) electrons. The highest BCUT2D eigenvalue weighted by atomic mass is 19.1. The number of benzene rings is 2. The fourth-order valence-corrected chi connectivity index (χ4v) is 6.01. The number of hydrogen-bond acceptors (Lipinski definition) is 5. The van der Waals surface area contributed by atoms with Crippen molar-refractivity contribution in [1.29, 1.82) is 5.26 Å². The number of nitrogens with one attached hydrogen (secondary N) is 1. The topological polar surface area (TPSA) is 120 Å². The van der Waals surface area contributed by atoms with Crippen molar-refractivity contribution in [2.75, 3.05) is 18.4 Å². The number of carbonyl (C=O) groups excluding carboxylic acids is 2. The van der Waals surface area contributed by atoms with Crippen LogP contribution in [0.5, 0.6) is 0 Å². The van der Waals surface area contributed by atoms with Crippen molar-refractivity contribution in [3.8, 4) is 6.07 Å². The Balaban J connectivity index is 1.25. The molecule has 0 spiro atoms. The summed E-state index contributed by atoms with van der Waals surface area (Å²) in [4.78, 5) is 56.1. The first-order valence-corrected chi connectivity index (χ1v) is 14.0. The number of piperidine rings is 1. The lowest BCUT2D eigenvalue weighted by molar-refractivity contribution is 0.0608. The largest absolute Gasteiger partial charge is 0.331 e. The molecule has 2 fully saturated rings. The Bertz CT molecular complexity index is 1750. The number of nitriles is 1. The average molecular weight is 559 g/mol. The number of hydrogen-bond donors (Lipinski definition) is 1. The Labute approximate surface area is 235 Å². The molecule has 1 aliphatic carbocycles. The zero-order valence-corrected chi connectivity index (χ0v) is 23.0. The monoisotopic (exact) mass is 558 g/mol. The smallest absolute Gasteiger partial charge is 0.330 e. The molecule has 2 aromatic carbocycles. The number of aromatic nitrogens is 2. The number of fused-ring (bicyclic) bond motifs is 2. The van der Waals surface area contributed by atoms with Crippen molar-refractivity contribution >= 4 is 28.5 Å². The quantitative estimate of drug-likeness (QED) is 0.511. The molecular formula is C30H31FN6O4. The van der Waals surface area contributed by atoms with E-state index in [1.165, 1.54) is 15.2 Å². The number of anilines is 1. The molecule has 1 unspecified atom stereocenters. The molecular weight excluding hydrogens is 527 g/mol. The predicted molar refractivity (Wildman–Crippen MR) is 150 cm³/mol. The summed E-state index contributed by atoms with van der Waals surface area (Å²) in [7, 11) is 0. The number of nitrogens with zero attached hydrogens (tertiary/aromatic N) is 5. The van der Waals surface area contributed by atoms with E-state index in [2.05, 4.69) is 11.4 Å². The summed E-state index contributed by atoms with van der Waals surface area (Å²) in [6.45, 7) is 5.01. The van der Waals surface area contributed by atoms with Crippen LogP contribution in [0.1, 0.15) is 67.1 Å². The van der Waals surface area contributed by atoms with Crippen molar-refractivity contribution < 1.29 is 14.0 Å². The molecule has 212 valence electrons. The molecule has 41 heavy (non-hydrogen) atoms. The Hall–Kier alpha value is -4.46. The lowest BCUT2D eigenvalue weighted by atomic mass is 10.0. The fraction of sp³-hybridized carbons (Fsp3) is 0.433. The zero-order chi connectivity index (χ0) is 29.0. The van der Waals surface area contributed by atoms with E-state index in [1.807, 2.05) is 0 Å².